The average Bonchev–Trinajstić information content (AvgIpc) is 3.78. The van der Waals surface area contributed by atoms with Gasteiger partial charge in [0.15, 0.2) is 0 Å². The van der Waals surface area contributed by atoms with Crippen molar-refractivity contribution in [3.05, 3.63) is 223 Å². The molecule has 11 rings (SSSR count). The number of furan rings is 1. The van der Waals surface area contributed by atoms with E-state index < -0.39 is 0 Å². The van der Waals surface area contributed by atoms with E-state index in [1.54, 1.807) is 0 Å². The smallest absolute Gasteiger partial charge is 0.135 e. The molecule has 0 bridgehead atoms. The molecule has 0 amide bonds. The average molecular weight is 756 g/mol. The normalized spacial score (nSPS) is 12.7. The number of anilines is 3. The fourth-order valence-electron chi connectivity index (χ4n) is 9.32. The van der Waals surface area contributed by atoms with Gasteiger partial charge in [-0.05, 0) is 116 Å². The molecule has 1 heterocycles. The zero-order valence-corrected chi connectivity index (χ0v) is 33.1. The molecule has 0 spiro atoms. The van der Waals surface area contributed by atoms with Gasteiger partial charge in [0.1, 0.15) is 11.2 Å². The summed E-state index contributed by atoms with van der Waals surface area (Å²) >= 11 is 0. The van der Waals surface area contributed by atoms with Crippen LogP contribution in [0.4, 0.5) is 17.1 Å². The lowest BCUT2D eigenvalue weighted by Gasteiger charge is -2.30. The summed E-state index contributed by atoms with van der Waals surface area (Å²) in [5, 5.41) is 2.27. The van der Waals surface area contributed by atoms with E-state index in [0.717, 1.165) is 61.3 Å². The number of para-hydroxylation sites is 1. The van der Waals surface area contributed by atoms with Crippen LogP contribution in [0.3, 0.4) is 0 Å². The standard InChI is InChI=1S/C57H41NO/c1-57(2)52-23-13-11-21-47(52)48-32-31-44(37-53(48)57)58(43-29-25-38(26-30-43)41-28-34-56-51(35-41)49-22-12-14-24-55(49)59-56)54-33-27-42(36-50(54)40-17-7-4-8-18-40)46-20-10-9-19-45(46)39-15-5-3-6-16-39/h3-37H,1-2H3. The van der Waals surface area contributed by atoms with Crippen molar-refractivity contribution in [2.24, 2.45) is 0 Å². The third-order valence-electron chi connectivity index (χ3n) is 12.3. The highest BCUT2D eigenvalue weighted by atomic mass is 16.3. The molecule has 2 nitrogen and oxygen atoms in total. The van der Waals surface area contributed by atoms with Crippen molar-refractivity contribution >= 4 is 39.0 Å². The van der Waals surface area contributed by atoms with E-state index in [0.29, 0.717) is 0 Å². The molecule has 0 saturated carbocycles. The molecule has 0 atom stereocenters. The fraction of sp³-hybridized carbons (Fsp3) is 0.0526. The van der Waals surface area contributed by atoms with E-state index in [1.165, 1.54) is 44.5 Å². The van der Waals surface area contributed by atoms with E-state index in [2.05, 4.69) is 219 Å². The maximum Gasteiger partial charge on any atom is 0.135 e. The quantitative estimate of drug-likeness (QED) is 0.161. The van der Waals surface area contributed by atoms with Gasteiger partial charge in [-0.25, -0.2) is 0 Å². The van der Waals surface area contributed by atoms with E-state index in [9.17, 15) is 0 Å². The van der Waals surface area contributed by atoms with E-state index >= 15 is 0 Å². The molecule has 0 fully saturated rings. The number of fused-ring (bicyclic) bond motifs is 6. The van der Waals surface area contributed by atoms with Crippen molar-refractivity contribution in [1.82, 2.24) is 0 Å². The SMILES string of the molecule is CC1(C)c2ccccc2-c2ccc(N(c3ccc(-c4ccc5oc6ccccc6c5c4)cc3)c3ccc(-c4ccccc4-c4ccccc4)cc3-c3ccccc3)cc21. The van der Waals surface area contributed by atoms with Gasteiger partial charge < -0.3 is 9.32 Å². The molecular weight excluding hydrogens is 715 g/mol. The minimum Gasteiger partial charge on any atom is -0.456 e. The Bertz CT molecular complexity index is 3170. The zero-order chi connectivity index (χ0) is 39.5. The lowest BCUT2D eigenvalue weighted by molar-refractivity contribution is 0.660. The Morgan fingerprint density at radius 1 is 0.339 bits per heavy atom. The summed E-state index contributed by atoms with van der Waals surface area (Å²) < 4.78 is 6.17. The molecule has 2 heteroatoms. The first-order valence-electron chi connectivity index (χ1n) is 20.4. The molecule has 0 radical (unpaired) electrons. The van der Waals surface area contributed by atoms with Crippen LogP contribution in [-0.2, 0) is 5.41 Å². The molecule has 0 saturated heterocycles. The van der Waals surface area contributed by atoms with Gasteiger partial charge in [0.05, 0.1) is 5.69 Å². The summed E-state index contributed by atoms with van der Waals surface area (Å²) in [5.74, 6) is 0. The number of nitrogens with zero attached hydrogens (tertiary/aromatic N) is 1. The summed E-state index contributed by atoms with van der Waals surface area (Å²) in [6.07, 6.45) is 0. The molecule has 59 heavy (non-hydrogen) atoms. The summed E-state index contributed by atoms with van der Waals surface area (Å²) in [7, 11) is 0. The Morgan fingerprint density at radius 2 is 0.898 bits per heavy atom. The van der Waals surface area contributed by atoms with Crippen LogP contribution in [0.15, 0.2) is 217 Å². The molecule has 0 unspecified atom stereocenters. The van der Waals surface area contributed by atoms with Crippen LogP contribution in [-0.4, -0.2) is 0 Å². The molecule has 1 aliphatic rings. The van der Waals surface area contributed by atoms with Crippen LogP contribution in [0.5, 0.6) is 0 Å². The Kier molecular flexibility index (Phi) is 8.20. The van der Waals surface area contributed by atoms with Gasteiger partial charge in [-0.3, -0.25) is 0 Å². The van der Waals surface area contributed by atoms with E-state index in [4.69, 9.17) is 4.42 Å². The molecule has 1 aromatic heterocycles. The maximum absolute atomic E-state index is 6.17. The first-order valence-corrected chi connectivity index (χ1v) is 20.4. The molecule has 280 valence electrons. The van der Waals surface area contributed by atoms with Crippen LogP contribution < -0.4 is 4.90 Å². The Labute approximate surface area is 345 Å². The Morgan fingerprint density at radius 3 is 1.66 bits per heavy atom. The molecule has 0 aliphatic heterocycles. The molecular formula is C57H41NO. The monoisotopic (exact) mass is 755 g/mol. The third kappa shape index (κ3) is 5.87. The van der Waals surface area contributed by atoms with Gasteiger partial charge in [-0.15, -0.1) is 0 Å². The minimum atomic E-state index is -0.138. The molecule has 0 N–H and O–H groups in total. The highest BCUT2D eigenvalue weighted by Crippen LogP contribution is 2.52. The number of hydrogen-bond donors (Lipinski definition) is 0. The lowest BCUT2D eigenvalue weighted by atomic mass is 9.82. The largest absolute Gasteiger partial charge is 0.456 e. The zero-order valence-electron chi connectivity index (χ0n) is 33.1. The van der Waals surface area contributed by atoms with Crippen LogP contribution in [0.2, 0.25) is 0 Å². The highest BCUT2D eigenvalue weighted by molar-refractivity contribution is 6.06. The van der Waals surface area contributed by atoms with Gasteiger partial charge in [0.25, 0.3) is 0 Å². The first-order chi connectivity index (χ1) is 29.0. The van der Waals surface area contributed by atoms with Crippen molar-refractivity contribution in [1.29, 1.82) is 0 Å². The Hall–Kier alpha value is -7.42. The van der Waals surface area contributed by atoms with Crippen molar-refractivity contribution in [3.63, 3.8) is 0 Å². The third-order valence-corrected chi connectivity index (χ3v) is 12.3. The van der Waals surface area contributed by atoms with E-state index in [-0.39, 0.29) is 5.41 Å². The van der Waals surface area contributed by atoms with Crippen molar-refractivity contribution in [2.75, 3.05) is 4.90 Å². The van der Waals surface area contributed by atoms with Crippen LogP contribution in [0.1, 0.15) is 25.0 Å². The summed E-state index contributed by atoms with van der Waals surface area (Å²) in [4.78, 5) is 2.45. The van der Waals surface area contributed by atoms with E-state index in [1.807, 2.05) is 12.1 Å². The van der Waals surface area contributed by atoms with Crippen LogP contribution in [0, 0.1) is 0 Å². The molecule has 10 aromatic rings. The summed E-state index contributed by atoms with van der Waals surface area (Å²) in [6, 6.07) is 77.0. The van der Waals surface area contributed by atoms with Crippen LogP contribution in [0.25, 0.3) is 77.6 Å². The number of benzene rings is 9. The van der Waals surface area contributed by atoms with Crippen LogP contribution >= 0.6 is 0 Å². The van der Waals surface area contributed by atoms with Gasteiger partial charge >= 0.3 is 0 Å². The predicted molar refractivity (Wildman–Crippen MR) is 248 cm³/mol. The van der Waals surface area contributed by atoms with Gasteiger partial charge in [-0.1, -0.05) is 172 Å². The lowest BCUT2D eigenvalue weighted by Crippen LogP contribution is -2.17. The second-order valence-corrected chi connectivity index (χ2v) is 16.1. The predicted octanol–water partition coefficient (Wildman–Crippen LogP) is 16.0. The van der Waals surface area contributed by atoms with Crippen molar-refractivity contribution in [2.45, 2.75) is 19.3 Å². The minimum absolute atomic E-state index is 0.138. The first kappa shape index (κ1) is 34.8. The topological polar surface area (TPSA) is 16.4 Å². The summed E-state index contributed by atoms with van der Waals surface area (Å²) in [5.41, 5.74) is 19.8. The number of hydrogen-bond acceptors (Lipinski definition) is 2. The Balaban J connectivity index is 1.09. The maximum atomic E-state index is 6.17. The fourth-order valence-corrected chi connectivity index (χ4v) is 9.32. The molecule has 1 aliphatic carbocycles. The number of rotatable bonds is 7. The van der Waals surface area contributed by atoms with Gasteiger partial charge in [-0.2, -0.15) is 0 Å². The van der Waals surface area contributed by atoms with Crippen molar-refractivity contribution < 1.29 is 4.42 Å². The second-order valence-electron chi connectivity index (χ2n) is 16.1. The highest BCUT2D eigenvalue weighted by Gasteiger charge is 2.36. The van der Waals surface area contributed by atoms with Gasteiger partial charge in [0.2, 0.25) is 0 Å². The summed E-state index contributed by atoms with van der Waals surface area (Å²) in [6.45, 7) is 4.71. The molecule has 9 aromatic carbocycles. The second kappa shape index (κ2) is 13.9. The van der Waals surface area contributed by atoms with Crippen molar-refractivity contribution in [3.8, 4) is 55.6 Å². The van der Waals surface area contributed by atoms with Gasteiger partial charge in [0, 0.05) is 33.1 Å².